The van der Waals surface area contributed by atoms with Crippen LogP contribution in [0.3, 0.4) is 0 Å². The average molecular weight is 200 g/mol. The Morgan fingerprint density at radius 3 is 3.15 bits per heavy atom. The van der Waals surface area contributed by atoms with Crippen LogP contribution in [0, 0.1) is 5.92 Å². The molecule has 13 heavy (non-hydrogen) atoms. The van der Waals surface area contributed by atoms with E-state index in [9.17, 15) is 4.79 Å². The highest BCUT2D eigenvalue weighted by Gasteiger charge is 2.04. The van der Waals surface area contributed by atoms with Gasteiger partial charge in [0.15, 0.2) is 5.03 Å². The van der Waals surface area contributed by atoms with Crippen LogP contribution in [0.15, 0.2) is 22.2 Å². The summed E-state index contributed by atoms with van der Waals surface area (Å²) in [6.45, 7) is 2.06. The van der Waals surface area contributed by atoms with E-state index in [1.54, 1.807) is 6.20 Å². The second kappa shape index (κ2) is 5.04. The Balaban J connectivity index is 2.55. The van der Waals surface area contributed by atoms with Crippen LogP contribution in [0.4, 0.5) is 0 Å². The summed E-state index contributed by atoms with van der Waals surface area (Å²) >= 11 is 1.36. The summed E-state index contributed by atoms with van der Waals surface area (Å²) in [5.74, 6) is 0.891. The van der Waals surface area contributed by atoms with Crippen molar-refractivity contribution in [3.8, 4) is 0 Å². The molecule has 1 atom stereocenters. The standard InChI is InChI=1S/C8H12N2O2S/c1-6(4-11)5-13-8-7(12)9-2-3-10-8/h2-3,6,11H,4-5H2,1H3,(H,9,12). The molecule has 1 rings (SSSR count). The van der Waals surface area contributed by atoms with E-state index in [1.807, 2.05) is 6.92 Å². The van der Waals surface area contributed by atoms with Gasteiger partial charge in [-0.3, -0.25) is 4.79 Å². The minimum atomic E-state index is -0.169. The van der Waals surface area contributed by atoms with Crippen molar-refractivity contribution in [2.75, 3.05) is 12.4 Å². The molecule has 0 bridgehead atoms. The molecule has 0 aromatic carbocycles. The minimum Gasteiger partial charge on any atom is -0.396 e. The van der Waals surface area contributed by atoms with E-state index in [4.69, 9.17) is 5.11 Å². The summed E-state index contributed by atoms with van der Waals surface area (Å²) in [4.78, 5) is 17.6. The fourth-order valence-corrected chi connectivity index (χ4v) is 1.59. The molecule has 5 heteroatoms. The lowest BCUT2D eigenvalue weighted by molar-refractivity contribution is 0.250. The van der Waals surface area contributed by atoms with Gasteiger partial charge in [-0.1, -0.05) is 6.92 Å². The third-order valence-electron chi connectivity index (χ3n) is 1.49. The van der Waals surface area contributed by atoms with Crippen molar-refractivity contribution in [2.24, 2.45) is 5.92 Å². The molecule has 0 amide bonds. The number of aliphatic hydroxyl groups is 1. The molecule has 0 saturated carbocycles. The highest BCUT2D eigenvalue weighted by atomic mass is 32.2. The van der Waals surface area contributed by atoms with Crippen molar-refractivity contribution in [1.82, 2.24) is 9.97 Å². The summed E-state index contributed by atoms with van der Waals surface area (Å²) in [6.07, 6.45) is 3.05. The molecule has 2 N–H and O–H groups in total. The predicted octanol–water partition coefficient (Wildman–Crippen LogP) is 0.490. The van der Waals surface area contributed by atoms with Gasteiger partial charge in [0.2, 0.25) is 0 Å². The predicted molar refractivity (Wildman–Crippen MR) is 51.8 cm³/mol. The summed E-state index contributed by atoms with van der Waals surface area (Å²) in [5.41, 5.74) is -0.169. The van der Waals surface area contributed by atoms with Crippen molar-refractivity contribution in [3.63, 3.8) is 0 Å². The van der Waals surface area contributed by atoms with Crippen LogP contribution in [0.1, 0.15) is 6.92 Å². The van der Waals surface area contributed by atoms with E-state index in [2.05, 4.69) is 9.97 Å². The average Bonchev–Trinajstić information content (AvgIpc) is 2.16. The van der Waals surface area contributed by atoms with Gasteiger partial charge in [0.25, 0.3) is 5.56 Å². The topological polar surface area (TPSA) is 66.0 Å². The quantitative estimate of drug-likeness (QED) is 0.694. The molecule has 1 aromatic rings. The van der Waals surface area contributed by atoms with Crippen LogP contribution in [-0.2, 0) is 0 Å². The largest absolute Gasteiger partial charge is 0.396 e. The van der Waals surface area contributed by atoms with E-state index in [0.717, 1.165) is 0 Å². The molecule has 0 aliphatic rings. The Morgan fingerprint density at radius 1 is 1.77 bits per heavy atom. The zero-order valence-corrected chi connectivity index (χ0v) is 8.17. The molecule has 1 aromatic heterocycles. The van der Waals surface area contributed by atoms with Gasteiger partial charge in [0, 0.05) is 24.8 Å². The van der Waals surface area contributed by atoms with Crippen LogP contribution in [0.5, 0.6) is 0 Å². The Morgan fingerprint density at radius 2 is 2.54 bits per heavy atom. The maximum atomic E-state index is 11.1. The van der Waals surface area contributed by atoms with E-state index in [1.165, 1.54) is 18.0 Å². The highest BCUT2D eigenvalue weighted by Crippen LogP contribution is 2.13. The van der Waals surface area contributed by atoms with Crippen molar-refractivity contribution in [3.05, 3.63) is 22.7 Å². The molecule has 0 saturated heterocycles. The zero-order valence-electron chi connectivity index (χ0n) is 7.36. The Bertz CT molecular complexity index is 313. The van der Waals surface area contributed by atoms with Gasteiger partial charge >= 0.3 is 0 Å². The molecule has 4 nitrogen and oxygen atoms in total. The maximum Gasteiger partial charge on any atom is 0.280 e. The van der Waals surface area contributed by atoms with Crippen LogP contribution < -0.4 is 5.56 Å². The molecule has 1 unspecified atom stereocenters. The molecule has 0 spiro atoms. The second-order valence-corrected chi connectivity index (χ2v) is 3.83. The second-order valence-electron chi connectivity index (χ2n) is 2.82. The highest BCUT2D eigenvalue weighted by molar-refractivity contribution is 7.99. The molecule has 1 heterocycles. The van der Waals surface area contributed by atoms with Crippen LogP contribution in [0.25, 0.3) is 0 Å². The molecular weight excluding hydrogens is 188 g/mol. The lowest BCUT2D eigenvalue weighted by Crippen LogP contribution is -2.11. The number of nitrogens with zero attached hydrogens (tertiary/aromatic N) is 1. The molecule has 0 fully saturated rings. The molecular formula is C8H12N2O2S. The molecule has 72 valence electrons. The third-order valence-corrected chi connectivity index (χ3v) is 2.79. The van der Waals surface area contributed by atoms with E-state index in [0.29, 0.717) is 10.8 Å². The van der Waals surface area contributed by atoms with Crippen molar-refractivity contribution < 1.29 is 5.11 Å². The van der Waals surface area contributed by atoms with Crippen LogP contribution in [-0.4, -0.2) is 27.4 Å². The van der Waals surface area contributed by atoms with Gasteiger partial charge in [0.1, 0.15) is 0 Å². The van der Waals surface area contributed by atoms with Crippen LogP contribution in [0.2, 0.25) is 0 Å². The summed E-state index contributed by atoms with van der Waals surface area (Å²) in [5, 5.41) is 9.22. The number of hydrogen-bond donors (Lipinski definition) is 2. The van der Waals surface area contributed by atoms with Gasteiger partial charge in [-0.25, -0.2) is 4.98 Å². The zero-order chi connectivity index (χ0) is 9.68. The summed E-state index contributed by atoms with van der Waals surface area (Å²) in [7, 11) is 0. The van der Waals surface area contributed by atoms with Gasteiger partial charge in [-0.05, 0) is 5.92 Å². The number of hydrogen-bond acceptors (Lipinski definition) is 4. The number of aromatic amines is 1. The van der Waals surface area contributed by atoms with E-state index < -0.39 is 0 Å². The van der Waals surface area contributed by atoms with Gasteiger partial charge < -0.3 is 10.1 Å². The van der Waals surface area contributed by atoms with Crippen molar-refractivity contribution in [2.45, 2.75) is 11.9 Å². The fourth-order valence-electron chi connectivity index (χ4n) is 0.715. The first-order chi connectivity index (χ1) is 6.24. The Hall–Kier alpha value is -0.810. The lowest BCUT2D eigenvalue weighted by atomic mass is 10.2. The minimum absolute atomic E-state index is 0.137. The number of aliphatic hydroxyl groups excluding tert-OH is 1. The van der Waals surface area contributed by atoms with E-state index in [-0.39, 0.29) is 18.1 Å². The first-order valence-corrected chi connectivity index (χ1v) is 5.00. The molecule has 0 radical (unpaired) electrons. The smallest absolute Gasteiger partial charge is 0.280 e. The van der Waals surface area contributed by atoms with Crippen LogP contribution >= 0.6 is 11.8 Å². The number of H-pyrrole nitrogens is 1. The first kappa shape index (κ1) is 10.3. The van der Waals surface area contributed by atoms with Gasteiger partial charge in [0.05, 0.1) is 0 Å². The summed E-state index contributed by atoms with van der Waals surface area (Å²) < 4.78 is 0. The number of thioether (sulfide) groups is 1. The van der Waals surface area contributed by atoms with Crippen molar-refractivity contribution >= 4 is 11.8 Å². The first-order valence-electron chi connectivity index (χ1n) is 4.01. The number of nitrogens with one attached hydrogen (secondary N) is 1. The summed E-state index contributed by atoms with van der Waals surface area (Å²) in [6, 6.07) is 0. The SMILES string of the molecule is CC(CO)CSc1ncc[nH]c1=O. The molecule has 0 aliphatic heterocycles. The van der Waals surface area contributed by atoms with Crippen molar-refractivity contribution in [1.29, 1.82) is 0 Å². The number of aromatic nitrogens is 2. The third kappa shape index (κ3) is 3.20. The Kier molecular flexibility index (Phi) is 3.98. The monoisotopic (exact) mass is 200 g/mol. The Labute approximate surface area is 80.4 Å². The lowest BCUT2D eigenvalue weighted by Gasteiger charge is -2.04. The maximum absolute atomic E-state index is 11.1. The van der Waals surface area contributed by atoms with Gasteiger partial charge in [-0.2, -0.15) is 0 Å². The number of rotatable bonds is 4. The van der Waals surface area contributed by atoms with Gasteiger partial charge in [-0.15, -0.1) is 11.8 Å². The van der Waals surface area contributed by atoms with E-state index >= 15 is 0 Å². The molecule has 0 aliphatic carbocycles. The fraction of sp³-hybridized carbons (Fsp3) is 0.500. The normalized spacial score (nSPS) is 12.8.